The first-order valence-corrected chi connectivity index (χ1v) is 20.9. The second-order valence-electron chi connectivity index (χ2n) is 14.5. The summed E-state index contributed by atoms with van der Waals surface area (Å²) in [4.78, 5) is 79.5. The molecule has 0 saturated carbocycles. The summed E-state index contributed by atoms with van der Waals surface area (Å²) in [6, 6.07) is 11.5. The van der Waals surface area contributed by atoms with Gasteiger partial charge >= 0.3 is 0 Å². The average molecular weight is 862 g/mol. The van der Waals surface area contributed by atoms with Crippen LogP contribution in [0.25, 0.3) is 0 Å². The van der Waals surface area contributed by atoms with E-state index in [0.29, 0.717) is 75.5 Å². The van der Waals surface area contributed by atoms with Crippen LogP contribution >= 0.6 is 0 Å². The molecule has 6 amide bonds. The van der Waals surface area contributed by atoms with Gasteiger partial charge in [0.15, 0.2) is 0 Å². The summed E-state index contributed by atoms with van der Waals surface area (Å²) in [5.41, 5.74) is 18.3. The molecule has 0 bridgehead atoms. The summed E-state index contributed by atoms with van der Waals surface area (Å²) in [5.74, 6) is -2.00. The Morgan fingerprint density at radius 3 is 1.42 bits per heavy atom. The zero-order chi connectivity index (χ0) is 45.4. The summed E-state index contributed by atoms with van der Waals surface area (Å²) in [7, 11) is 2.78. The summed E-state index contributed by atoms with van der Waals surface area (Å²) >= 11 is 0. The van der Waals surface area contributed by atoms with Gasteiger partial charge in [0.1, 0.15) is 29.3 Å². The molecule has 18 heteroatoms. The molecule has 3 rings (SSSR count). The van der Waals surface area contributed by atoms with E-state index in [0.717, 1.165) is 19.3 Å². The molecule has 0 heterocycles. The van der Waals surface area contributed by atoms with Gasteiger partial charge in [-0.05, 0) is 139 Å². The molecule has 0 aliphatic rings. The first kappa shape index (κ1) is 50.1. The monoisotopic (exact) mass is 861 g/mol. The van der Waals surface area contributed by atoms with Crippen LogP contribution in [-0.2, 0) is 14.4 Å². The molecule has 0 spiro atoms. The van der Waals surface area contributed by atoms with Crippen molar-refractivity contribution in [2.75, 3.05) is 56.4 Å². The second-order valence-corrected chi connectivity index (χ2v) is 14.5. The zero-order valence-electron chi connectivity index (χ0n) is 36.1. The van der Waals surface area contributed by atoms with Gasteiger partial charge in [-0.2, -0.15) is 0 Å². The van der Waals surface area contributed by atoms with Crippen molar-refractivity contribution in [2.45, 2.75) is 89.8 Å². The van der Waals surface area contributed by atoms with Crippen molar-refractivity contribution < 1.29 is 43.0 Å². The number of unbranched alkanes of at least 4 members (excludes halogenated alkanes) is 3. The fourth-order valence-corrected chi connectivity index (χ4v) is 6.50. The lowest BCUT2D eigenvalue weighted by atomic mass is 10.1. The Hall–Kier alpha value is -6.24. The van der Waals surface area contributed by atoms with Gasteiger partial charge in [-0.3, -0.25) is 28.8 Å². The smallest absolute Gasteiger partial charge is 0.255 e. The van der Waals surface area contributed by atoms with Crippen molar-refractivity contribution >= 4 is 53.0 Å². The summed E-state index contributed by atoms with van der Waals surface area (Å²) in [6.07, 6.45) is 5.63. The van der Waals surface area contributed by atoms with E-state index in [1.54, 1.807) is 25.1 Å². The first-order valence-electron chi connectivity index (χ1n) is 20.9. The van der Waals surface area contributed by atoms with Crippen molar-refractivity contribution in [1.29, 1.82) is 0 Å². The van der Waals surface area contributed by atoms with Crippen LogP contribution in [0, 0.1) is 0 Å². The molecular weight excluding hydrogens is 799 g/mol. The SMILES string of the molecule is CCOc1ccc(NC(=O)C(CCCCN)NC(=O)c2cc(NC(=O)C(CCCCN)NC(=O)c3cc(NC=O)ccc3OC)ccc2OC)cc1C(=O)NC(C)CCCCN. The van der Waals surface area contributed by atoms with Crippen LogP contribution in [0.3, 0.4) is 0 Å². The molecule has 12 N–H and O–H groups in total. The van der Waals surface area contributed by atoms with Gasteiger partial charge in [0.05, 0.1) is 37.5 Å². The van der Waals surface area contributed by atoms with Gasteiger partial charge in [0, 0.05) is 23.1 Å². The number of rotatable bonds is 28. The third kappa shape index (κ3) is 15.7. The first-order chi connectivity index (χ1) is 29.9. The maximum absolute atomic E-state index is 14.0. The van der Waals surface area contributed by atoms with Crippen molar-refractivity contribution in [3.05, 3.63) is 71.3 Å². The van der Waals surface area contributed by atoms with E-state index >= 15 is 0 Å². The minimum absolute atomic E-state index is 0.0236. The summed E-state index contributed by atoms with van der Waals surface area (Å²) in [6.45, 7) is 5.36. The Morgan fingerprint density at radius 1 is 0.581 bits per heavy atom. The molecular formula is C44H63N9O9. The van der Waals surface area contributed by atoms with E-state index in [1.165, 1.54) is 50.6 Å². The molecule has 338 valence electrons. The highest BCUT2D eigenvalue weighted by Crippen LogP contribution is 2.27. The Bertz CT molecular complexity index is 1960. The molecule has 0 fully saturated rings. The van der Waals surface area contributed by atoms with E-state index in [1.807, 2.05) is 6.92 Å². The molecule has 0 saturated heterocycles. The van der Waals surface area contributed by atoms with E-state index < -0.39 is 35.7 Å². The molecule has 0 radical (unpaired) electrons. The number of benzene rings is 3. The maximum Gasteiger partial charge on any atom is 0.255 e. The third-order valence-corrected chi connectivity index (χ3v) is 9.78. The highest BCUT2D eigenvalue weighted by molar-refractivity contribution is 6.06. The van der Waals surface area contributed by atoms with Crippen LogP contribution < -0.4 is 63.3 Å². The quantitative estimate of drug-likeness (QED) is 0.0374. The molecule has 0 aromatic heterocycles. The largest absolute Gasteiger partial charge is 0.496 e. The number of hydrogen-bond acceptors (Lipinski definition) is 12. The van der Waals surface area contributed by atoms with Crippen LogP contribution in [0.4, 0.5) is 17.1 Å². The summed E-state index contributed by atoms with van der Waals surface area (Å²) in [5, 5.41) is 16.7. The van der Waals surface area contributed by atoms with E-state index in [2.05, 4.69) is 31.9 Å². The highest BCUT2D eigenvalue weighted by atomic mass is 16.5. The van der Waals surface area contributed by atoms with Crippen LogP contribution in [0.2, 0.25) is 0 Å². The normalized spacial score (nSPS) is 12.2. The number of hydrogen-bond donors (Lipinski definition) is 9. The number of methoxy groups -OCH3 is 2. The van der Waals surface area contributed by atoms with Crippen LogP contribution in [0.5, 0.6) is 17.2 Å². The second kappa shape index (κ2) is 26.9. The third-order valence-electron chi connectivity index (χ3n) is 9.78. The Labute approximate surface area is 363 Å². The fraction of sp³-hybridized carbons (Fsp3) is 0.455. The molecule has 18 nitrogen and oxygen atoms in total. The highest BCUT2D eigenvalue weighted by Gasteiger charge is 2.27. The van der Waals surface area contributed by atoms with Gasteiger partial charge in [-0.1, -0.05) is 6.42 Å². The Balaban J connectivity index is 1.85. The van der Waals surface area contributed by atoms with Gasteiger partial charge in [-0.15, -0.1) is 0 Å². The van der Waals surface area contributed by atoms with Crippen LogP contribution in [0.1, 0.15) is 103 Å². The van der Waals surface area contributed by atoms with Crippen molar-refractivity contribution in [1.82, 2.24) is 16.0 Å². The van der Waals surface area contributed by atoms with Gasteiger partial charge in [0.25, 0.3) is 17.7 Å². The number of amides is 6. The van der Waals surface area contributed by atoms with Gasteiger partial charge < -0.3 is 63.3 Å². The topological polar surface area (TPSA) is 280 Å². The zero-order valence-corrected chi connectivity index (χ0v) is 36.1. The van der Waals surface area contributed by atoms with Crippen molar-refractivity contribution in [3.63, 3.8) is 0 Å². The number of anilines is 3. The molecule has 0 aliphatic carbocycles. The average Bonchev–Trinajstić information content (AvgIpc) is 3.26. The standard InChI is InChI=1S/C44H63N9O9/c1-5-62-39-20-17-31(26-34(39)40(55)49-28(2)12-6-9-21-45)51-44(59)36(14-8-11-23-47)53-42(57)33-25-30(16-19-38(33)61-4)50-43(58)35(13-7-10-22-46)52-41(56)32-24-29(48-27-54)15-18-37(32)60-3/h15-20,24-28,35-36H,5-14,21-23,45-47H2,1-4H3,(H,48,54)(H,49,55)(H,50,58)(H,51,59)(H,52,56)(H,53,57). The minimum atomic E-state index is -1.04. The Kier molecular flexibility index (Phi) is 21.7. The predicted molar refractivity (Wildman–Crippen MR) is 239 cm³/mol. The Morgan fingerprint density at radius 2 is 0.984 bits per heavy atom. The summed E-state index contributed by atoms with van der Waals surface area (Å²) < 4.78 is 16.6. The van der Waals surface area contributed by atoms with Gasteiger partial charge in [0.2, 0.25) is 18.2 Å². The predicted octanol–water partition coefficient (Wildman–Crippen LogP) is 3.65. The molecule has 0 aliphatic heterocycles. The number of carbonyl (C=O) groups is 6. The molecule has 3 aromatic carbocycles. The molecule has 3 atom stereocenters. The lowest BCUT2D eigenvalue weighted by molar-refractivity contribution is -0.118. The van der Waals surface area contributed by atoms with Crippen molar-refractivity contribution in [3.8, 4) is 17.2 Å². The van der Waals surface area contributed by atoms with E-state index in [9.17, 15) is 28.8 Å². The van der Waals surface area contributed by atoms with Crippen LogP contribution in [0.15, 0.2) is 54.6 Å². The van der Waals surface area contributed by atoms with Gasteiger partial charge in [-0.25, -0.2) is 0 Å². The van der Waals surface area contributed by atoms with Crippen molar-refractivity contribution in [2.24, 2.45) is 17.2 Å². The molecule has 62 heavy (non-hydrogen) atoms. The number of carbonyl (C=O) groups excluding carboxylic acids is 6. The minimum Gasteiger partial charge on any atom is -0.496 e. The fourth-order valence-electron chi connectivity index (χ4n) is 6.50. The maximum atomic E-state index is 14.0. The number of nitrogens with two attached hydrogens (primary N) is 3. The van der Waals surface area contributed by atoms with Crippen LogP contribution in [-0.4, -0.2) is 94.5 Å². The van der Waals surface area contributed by atoms with E-state index in [-0.39, 0.29) is 58.7 Å². The number of ether oxygens (including phenoxy) is 3. The molecule has 3 unspecified atom stereocenters. The lowest BCUT2D eigenvalue weighted by Crippen LogP contribution is -2.44. The number of nitrogens with one attached hydrogen (secondary N) is 6. The van der Waals surface area contributed by atoms with E-state index in [4.69, 9.17) is 31.4 Å². The molecule has 3 aromatic rings. The lowest BCUT2D eigenvalue weighted by Gasteiger charge is -2.21.